The van der Waals surface area contributed by atoms with E-state index < -0.39 is 5.91 Å². The van der Waals surface area contributed by atoms with Gasteiger partial charge in [0.15, 0.2) is 0 Å². The molecule has 0 radical (unpaired) electrons. The van der Waals surface area contributed by atoms with Crippen molar-refractivity contribution in [3.8, 4) is 0 Å². The molecule has 0 aliphatic carbocycles. The van der Waals surface area contributed by atoms with Gasteiger partial charge >= 0.3 is 5.69 Å². The minimum absolute atomic E-state index is 0.0309. The number of H-pyrrole nitrogens is 1. The van der Waals surface area contributed by atoms with E-state index >= 15 is 0 Å². The van der Waals surface area contributed by atoms with Crippen LogP contribution in [0, 0.1) is 5.92 Å². The van der Waals surface area contributed by atoms with E-state index in [0.717, 1.165) is 41.6 Å². The molecule has 3 N–H and O–H groups in total. The molecular weight excluding hydrogens is 410 g/mol. The molecule has 31 heavy (non-hydrogen) atoms. The summed E-state index contributed by atoms with van der Waals surface area (Å²) in [6, 6.07) is 15.4. The van der Waals surface area contributed by atoms with Gasteiger partial charge in [-0.05, 0) is 55.7 Å². The van der Waals surface area contributed by atoms with Crippen LogP contribution in [-0.2, 0) is 0 Å². The minimum atomic E-state index is -0.472. The molecule has 1 atom stereocenters. The molecule has 1 aromatic heterocycles. The first kappa shape index (κ1) is 24.8. The fraction of sp³-hybridized carbons (Fsp3) is 0.417. The maximum Gasteiger partial charge on any atom is 0.326 e. The normalized spacial score (nSPS) is 11.8. The predicted octanol–water partition coefficient (Wildman–Crippen LogP) is 5.63. The number of fused-ring (bicyclic) bond motifs is 1. The summed E-state index contributed by atoms with van der Waals surface area (Å²) >= 11 is 1.47. The number of nitrogens with one attached hydrogen (secondary N) is 2. The Morgan fingerprint density at radius 1 is 1.10 bits per heavy atom. The lowest BCUT2D eigenvalue weighted by atomic mass is 10.00. The van der Waals surface area contributed by atoms with Crippen LogP contribution in [0.3, 0.4) is 0 Å². The van der Waals surface area contributed by atoms with Crippen molar-refractivity contribution in [2.45, 2.75) is 57.4 Å². The molecule has 0 saturated heterocycles. The molecular formula is C24H33N3O3S. The highest BCUT2D eigenvalue weighted by Crippen LogP contribution is 2.24. The molecule has 1 unspecified atom stereocenters. The third-order valence-electron chi connectivity index (χ3n) is 5.14. The van der Waals surface area contributed by atoms with Gasteiger partial charge in [-0.2, -0.15) is 0 Å². The van der Waals surface area contributed by atoms with Crippen molar-refractivity contribution in [2.75, 3.05) is 6.26 Å². The molecule has 3 aromatic rings. The number of amides is 1. The molecule has 3 rings (SSSR count). The zero-order chi connectivity index (χ0) is 22.8. The lowest BCUT2D eigenvalue weighted by Crippen LogP contribution is -2.22. The Balaban J connectivity index is 0.000000245. The highest BCUT2D eigenvalue weighted by Gasteiger charge is 2.16. The number of carbonyl (C=O) groups excluding carboxylic acids is 1. The van der Waals surface area contributed by atoms with E-state index in [1.807, 2.05) is 47.2 Å². The van der Waals surface area contributed by atoms with Gasteiger partial charge in [-0.1, -0.05) is 51.5 Å². The van der Waals surface area contributed by atoms with Crippen molar-refractivity contribution >= 4 is 28.7 Å². The monoisotopic (exact) mass is 443 g/mol. The Morgan fingerprint density at radius 3 is 2.42 bits per heavy atom. The van der Waals surface area contributed by atoms with Crippen molar-refractivity contribution in [1.82, 2.24) is 15.0 Å². The molecule has 0 aliphatic rings. The molecule has 0 bridgehead atoms. The molecule has 1 amide bonds. The Bertz CT molecular complexity index is 1030. The van der Waals surface area contributed by atoms with Gasteiger partial charge in [-0.3, -0.25) is 14.6 Å². The fourth-order valence-electron chi connectivity index (χ4n) is 3.59. The first-order valence-electron chi connectivity index (χ1n) is 10.7. The van der Waals surface area contributed by atoms with Gasteiger partial charge in [0.25, 0.3) is 5.91 Å². The van der Waals surface area contributed by atoms with Gasteiger partial charge in [0.2, 0.25) is 0 Å². The van der Waals surface area contributed by atoms with E-state index in [2.05, 4.69) is 25.8 Å². The number of thioether (sulfide) groups is 1. The number of aromatic nitrogens is 2. The predicted molar refractivity (Wildman–Crippen MR) is 128 cm³/mol. The van der Waals surface area contributed by atoms with Crippen LogP contribution in [-0.4, -0.2) is 26.9 Å². The van der Waals surface area contributed by atoms with Crippen molar-refractivity contribution in [3.05, 3.63) is 64.6 Å². The van der Waals surface area contributed by atoms with E-state index in [-0.39, 0.29) is 5.69 Å². The van der Waals surface area contributed by atoms with Gasteiger partial charge in [-0.15, -0.1) is 11.8 Å². The van der Waals surface area contributed by atoms with Crippen molar-refractivity contribution < 1.29 is 10.0 Å². The highest BCUT2D eigenvalue weighted by atomic mass is 32.2. The number of carbonyl (C=O) groups is 1. The standard InChI is InChI=1S/C16H24N2O.C8H9NO2S/c1-4-7-13(11-10-12(2)3)18-15-9-6-5-8-14(15)17-16(18)19;1-12-7-5-3-2-4-6(7)8(10)9-11/h5-6,8-9,12-13H,4,7,10-11H2,1-3H3,(H,17,19);2-5,11H,1H3,(H,9,10). The Kier molecular flexibility index (Phi) is 9.88. The molecule has 0 saturated carbocycles. The molecule has 6 nitrogen and oxygen atoms in total. The Morgan fingerprint density at radius 2 is 1.77 bits per heavy atom. The summed E-state index contributed by atoms with van der Waals surface area (Å²) in [7, 11) is 0. The number of benzene rings is 2. The van der Waals surface area contributed by atoms with Gasteiger partial charge in [0, 0.05) is 10.9 Å². The molecule has 0 spiro atoms. The maximum absolute atomic E-state index is 12.2. The van der Waals surface area contributed by atoms with Gasteiger partial charge in [0.05, 0.1) is 16.6 Å². The van der Waals surface area contributed by atoms with Crippen molar-refractivity contribution in [1.29, 1.82) is 0 Å². The van der Waals surface area contributed by atoms with E-state index in [0.29, 0.717) is 17.5 Å². The van der Waals surface area contributed by atoms with Crippen molar-refractivity contribution in [3.63, 3.8) is 0 Å². The number of hydrogen-bond acceptors (Lipinski definition) is 4. The molecule has 0 aliphatic heterocycles. The van der Waals surface area contributed by atoms with Crippen LogP contribution < -0.4 is 11.2 Å². The average molecular weight is 444 g/mol. The number of hydrogen-bond donors (Lipinski definition) is 3. The molecule has 168 valence electrons. The second kappa shape index (κ2) is 12.4. The topological polar surface area (TPSA) is 87.1 Å². The smallest absolute Gasteiger partial charge is 0.306 e. The summed E-state index contributed by atoms with van der Waals surface area (Å²) in [5.41, 5.74) is 4.11. The number of imidazole rings is 1. The molecule has 1 heterocycles. The third kappa shape index (κ3) is 6.74. The zero-order valence-electron chi connectivity index (χ0n) is 18.7. The summed E-state index contributed by atoms with van der Waals surface area (Å²) < 4.78 is 1.96. The first-order valence-corrected chi connectivity index (χ1v) is 11.9. The van der Waals surface area contributed by atoms with E-state index in [9.17, 15) is 9.59 Å². The van der Waals surface area contributed by atoms with Crippen LogP contribution in [0.2, 0.25) is 0 Å². The molecule has 7 heteroatoms. The van der Waals surface area contributed by atoms with Gasteiger partial charge < -0.3 is 4.98 Å². The lowest BCUT2D eigenvalue weighted by molar-refractivity contribution is 0.0703. The fourth-order valence-corrected chi connectivity index (χ4v) is 4.19. The summed E-state index contributed by atoms with van der Waals surface area (Å²) in [6.45, 7) is 6.66. The lowest BCUT2D eigenvalue weighted by Gasteiger charge is -2.19. The molecule has 2 aromatic carbocycles. The summed E-state index contributed by atoms with van der Waals surface area (Å²) in [5, 5.41) is 8.40. The van der Waals surface area contributed by atoms with E-state index in [1.165, 1.54) is 11.8 Å². The SMILES string of the molecule is CCCC(CCC(C)C)n1c(=O)[nH]c2ccccc21.CSc1ccccc1C(=O)NO. The maximum atomic E-state index is 12.2. The summed E-state index contributed by atoms with van der Waals surface area (Å²) in [4.78, 5) is 27.0. The van der Waals surface area contributed by atoms with E-state index in [4.69, 9.17) is 5.21 Å². The van der Waals surface area contributed by atoms with Crippen LogP contribution in [0.5, 0.6) is 0 Å². The van der Waals surface area contributed by atoms with Crippen LogP contribution in [0.4, 0.5) is 0 Å². The second-order valence-electron chi connectivity index (χ2n) is 7.87. The zero-order valence-corrected chi connectivity index (χ0v) is 19.5. The van der Waals surface area contributed by atoms with Crippen LogP contribution in [0.25, 0.3) is 11.0 Å². The van der Waals surface area contributed by atoms with Crippen LogP contribution in [0.1, 0.15) is 62.9 Å². The number of para-hydroxylation sites is 2. The highest BCUT2D eigenvalue weighted by molar-refractivity contribution is 7.98. The summed E-state index contributed by atoms with van der Waals surface area (Å²) in [5.74, 6) is 0.209. The average Bonchev–Trinajstić information content (AvgIpc) is 3.12. The van der Waals surface area contributed by atoms with E-state index in [1.54, 1.807) is 17.6 Å². The minimum Gasteiger partial charge on any atom is -0.306 e. The van der Waals surface area contributed by atoms with Crippen molar-refractivity contribution in [2.24, 2.45) is 5.92 Å². The number of aromatic amines is 1. The number of hydroxylamine groups is 1. The van der Waals surface area contributed by atoms with Gasteiger partial charge in [0.1, 0.15) is 0 Å². The number of nitrogens with zero attached hydrogens (tertiary/aromatic N) is 1. The first-order chi connectivity index (χ1) is 14.9. The van der Waals surface area contributed by atoms with Gasteiger partial charge in [-0.25, -0.2) is 10.3 Å². The quantitative estimate of drug-likeness (QED) is 0.239. The number of rotatable bonds is 8. The second-order valence-corrected chi connectivity index (χ2v) is 8.72. The van der Waals surface area contributed by atoms with Crippen LogP contribution >= 0.6 is 11.8 Å². The Hall–Kier alpha value is -2.51. The third-order valence-corrected chi connectivity index (χ3v) is 5.94. The summed E-state index contributed by atoms with van der Waals surface area (Å²) in [6.07, 6.45) is 6.29. The molecule has 0 fully saturated rings. The Labute approximate surface area is 188 Å². The van der Waals surface area contributed by atoms with Crippen LogP contribution in [0.15, 0.2) is 58.2 Å². The largest absolute Gasteiger partial charge is 0.326 e.